The Balaban J connectivity index is 0.823. The largest absolute Gasteiger partial charge is 0.455 e. The van der Waals surface area contributed by atoms with Crippen LogP contribution in [0.25, 0.3) is 148 Å². The molecule has 0 aliphatic rings. The number of benzene rings is 11. The second-order valence-electron chi connectivity index (χ2n) is 18.6. The molecule has 0 radical (unpaired) electrons. The Bertz CT molecular complexity index is 4400. The van der Waals surface area contributed by atoms with Crippen LogP contribution in [0.1, 0.15) is 0 Å². The molecule has 0 N–H and O–H groups in total. The maximum atomic E-state index is 6.44. The maximum absolute atomic E-state index is 6.44. The molecule has 4 aromatic heterocycles. The number of fused-ring (bicyclic) bond motifs is 10. The first-order chi connectivity index (χ1) is 35.7. The van der Waals surface area contributed by atoms with Crippen molar-refractivity contribution in [2.24, 2.45) is 0 Å². The number of furan rings is 2. The summed E-state index contributed by atoms with van der Waals surface area (Å²) in [6.07, 6.45) is 0. The van der Waals surface area contributed by atoms with Crippen LogP contribution in [0.4, 0.5) is 0 Å². The summed E-state index contributed by atoms with van der Waals surface area (Å²) in [5, 5.41) is 7.97. The van der Waals surface area contributed by atoms with Gasteiger partial charge in [-0.3, -0.25) is 0 Å². The number of para-hydroxylation sites is 6. The Labute approximate surface area is 417 Å². The second-order valence-corrected chi connectivity index (χ2v) is 19.6. The lowest BCUT2D eigenvalue weighted by Gasteiger charge is -2.10. The summed E-state index contributed by atoms with van der Waals surface area (Å²) in [7, 11) is 0. The number of thiazole rings is 1. The molecule has 0 aliphatic heterocycles. The third-order valence-electron chi connectivity index (χ3n) is 14.5. The van der Waals surface area contributed by atoms with Gasteiger partial charge in [-0.2, -0.15) is 0 Å². The van der Waals surface area contributed by atoms with Gasteiger partial charge in [-0.05, 0) is 75.8 Å². The number of hydrogen-bond donors (Lipinski definition) is 0. The van der Waals surface area contributed by atoms with Crippen LogP contribution in [0.15, 0.2) is 251 Å². The van der Waals surface area contributed by atoms with Crippen molar-refractivity contribution < 1.29 is 8.83 Å². The van der Waals surface area contributed by atoms with Crippen LogP contribution in [0, 0.1) is 0 Å². The fourth-order valence-electron chi connectivity index (χ4n) is 11.0. The first-order valence-corrected chi connectivity index (χ1v) is 25.2. The van der Waals surface area contributed by atoms with E-state index in [1.54, 1.807) is 11.3 Å². The smallest absolute Gasteiger partial charge is 0.143 e. The van der Waals surface area contributed by atoms with E-state index >= 15 is 0 Å². The Morgan fingerprint density at radius 2 is 0.792 bits per heavy atom. The van der Waals surface area contributed by atoms with E-state index < -0.39 is 0 Å². The average Bonchev–Trinajstić information content (AvgIpc) is 4.24. The van der Waals surface area contributed by atoms with Crippen LogP contribution in [0.3, 0.4) is 0 Å². The molecule has 5 heteroatoms. The van der Waals surface area contributed by atoms with Gasteiger partial charge in [0.05, 0.1) is 21.3 Å². The average molecular weight is 937 g/mol. The summed E-state index contributed by atoms with van der Waals surface area (Å²) in [4.78, 5) is 5.51. The molecule has 0 aliphatic carbocycles. The minimum atomic E-state index is 0.899. The van der Waals surface area contributed by atoms with E-state index in [0.29, 0.717) is 0 Å². The van der Waals surface area contributed by atoms with Crippen molar-refractivity contribution >= 4 is 87.2 Å². The van der Waals surface area contributed by atoms with Gasteiger partial charge in [0, 0.05) is 65.8 Å². The van der Waals surface area contributed by atoms with Crippen molar-refractivity contribution in [3.63, 3.8) is 0 Å². The number of rotatable bonds is 7. The quantitative estimate of drug-likeness (QED) is 0.160. The Hall–Kier alpha value is -9.29. The Morgan fingerprint density at radius 3 is 1.43 bits per heavy atom. The Morgan fingerprint density at radius 1 is 0.319 bits per heavy atom. The molecule has 4 heterocycles. The lowest BCUT2D eigenvalue weighted by atomic mass is 9.95. The fourth-order valence-corrected chi connectivity index (χ4v) is 12.1. The maximum Gasteiger partial charge on any atom is 0.143 e. The van der Waals surface area contributed by atoms with Gasteiger partial charge in [-0.1, -0.05) is 200 Å². The van der Waals surface area contributed by atoms with E-state index in [1.807, 2.05) is 24.3 Å². The summed E-state index contributed by atoms with van der Waals surface area (Å²) in [5.74, 6) is 0. The van der Waals surface area contributed by atoms with Gasteiger partial charge >= 0.3 is 0 Å². The molecular formula is C67H40N2O2S. The molecule has 336 valence electrons. The SMILES string of the molecule is c1ccc(-n2c3ccccc3c3cc(-c4ccc(-c5nc6c(-c7ccc(-c8cccc9c8oc8ccccc89)cc7)ccc(-c7ccc(-c8cccc9c8oc8ccccc89)cc7)c6s5)cc4)ccc32)cc1. The normalized spacial score (nSPS) is 11.9. The van der Waals surface area contributed by atoms with E-state index in [0.717, 1.165) is 120 Å². The fraction of sp³-hybridized carbons (Fsp3) is 0. The number of nitrogens with zero attached hydrogens (tertiary/aromatic N) is 2. The molecule has 11 aromatic carbocycles. The molecular weight excluding hydrogens is 897 g/mol. The molecule has 15 aromatic rings. The van der Waals surface area contributed by atoms with Gasteiger partial charge < -0.3 is 13.4 Å². The topological polar surface area (TPSA) is 44.1 Å². The van der Waals surface area contributed by atoms with Crippen molar-refractivity contribution in [2.45, 2.75) is 0 Å². The summed E-state index contributed by atoms with van der Waals surface area (Å²) < 4.78 is 16.4. The van der Waals surface area contributed by atoms with Crippen molar-refractivity contribution in [3.05, 3.63) is 243 Å². The lowest BCUT2D eigenvalue weighted by molar-refractivity contribution is 0.669. The standard InChI is InChI=1S/C67H40N2O2S/c1-2-12-48(13-3-1)69-59-21-7-4-14-53(59)58-40-47(36-39-60(58)69)41-24-34-46(35-25-41)67-68-63-49(42-26-28-43(29-27-42)50-17-10-19-56-54-15-5-8-22-61(54)70-64(50)56)37-38-52(66(63)72-67)45-32-30-44(31-33-45)51-18-11-20-57-55-16-6-9-23-62(55)71-65(51)57/h1-40H. The molecule has 0 fully saturated rings. The molecule has 0 atom stereocenters. The zero-order valence-corrected chi connectivity index (χ0v) is 39.5. The number of hydrogen-bond acceptors (Lipinski definition) is 4. The van der Waals surface area contributed by atoms with Gasteiger partial charge in [0.25, 0.3) is 0 Å². The molecule has 0 bridgehead atoms. The van der Waals surface area contributed by atoms with E-state index in [2.05, 4.69) is 223 Å². The molecule has 72 heavy (non-hydrogen) atoms. The highest BCUT2D eigenvalue weighted by molar-refractivity contribution is 7.22. The van der Waals surface area contributed by atoms with Gasteiger partial charge in [-0.25, -0.2) is 4.98 Å². The van der Waals surface area contributed by atoms with Crippen LogP contribution < -0.4 is 0 Å². The van der Waals surface area contributed by atoms with Gasteiger partial charge in [0.15, 0.2) is 0 Å². The van der Waals surface area contributed by atoms with Crippen LogP contribution in [-0.2, 0) is 0 Å². The van der Waals surface area contributed by atoms with Gasteiger partial charge in [0.2, 0.25) is 0 Å². The summed E-state index contributed by atoms with van der Waals surface area (Å²) in [6.45, 7) is 0. The molecule has 0 unspecified atom stereocenters. The highest BCUT2D eigenvalue weighted by Crippen LogP contribution is 2.45. The van der Waals surface area contributed by atoms with E-state index in [4.69, 9.17) is 13.8 Å². The molecule has 0 amide bonds. The van der Waals surface area contributed by atoms with Crippen LogP contribution >= 0.6 is 11.3 Å². The van der Waals surface area contributed by atoms with Gasteiger partial charge in [0.1, 0.15) is 27.3 Å². The summed E-state index contributed by atoms with van der Waals surface area (Å²) in [5.41, 5.74) is 20.5. The lowest BCUT2D eigenvalue weighted by Crippen LogP contribution is -1.92. The third kappa shape index (κ3) is 6.41. The van der Waals surface area contributed by atoms with Crippen LogP contribution in [0.5, 0.6) is 0 Å². The van der Waals surface area contributed by atoms with E-state index in [-0.39, 0.29) is 0 Å². The van der Waals surface area contributed by atoms with Gasteiger partial charge in [-0.15, -0.1) is 11.3 Å². The third-order valence-corrected chi connectivity index (χ3v) is 15.7. The molecule has 0 saturated heterocycles. The predicted octanol–water partition coefficient (Wildman–Crippen LogP) is 19.2. The Kier molecular flexibility index (Phi) is 9.10. The highest BCUT2D eigenvalue weighted by Gasteiger charge is 2.20. The molecule has 0 spiro atoms. The van der Waals surface area contributed by atoms with Crippen molar-refractivity contribution in [1.82, 2.24) is 9.55 Å². The summed E-state index contributed by atoms with van der Waals surface area (Å²) in [6, 6.07) is 86.7. The number of aromatic nitrogens is 2. The predicted molar refractivity (Wildman–Crippen MR) is 301 cm³/mol. The second kappa shape index (κ2) is 16.1. The highest BCUT2D eigenvalue weighted by atomic mass is 32.1. The zero-order valence-electron chi connectivity index (χ0n) is 38.7. The van der Waals surface area contributed by atoms with Crippen molar-refractivity contribution in [1.29, 1.82) is 0 Å². The minimum Gasteiger partial charge on any atom is -0.455 e. The minimum absolute atomic E-state index is 0.899. The zero-order chi connectivity index (χ0) is 47.3. The van der Waals surface area contributed by atoms with E-state index in [9.17, 15) is 0 Å². The van der Waals surface area contributed by atoms with Crippen molar-refractivity contribution in [3.8, 4) is 71.9 Å². The summed E-state index contributed by atoms with van der Waals surface area (Å²) >= 11 is 1.75. The molecule has 15 rings (SSSR count). The first-order valence-electron chi connectivity index (χ1n) is 24.3. The molecule has 4 nitrogen and oxygen atoms in total. The van der Waals surface area contributed by atoms with Crippen LogP contribution in [-0.4, -0.2) is 9.55 Å². The molecule has 0 saturated carbocycles. The monoisotopic (exact) mass is 936 g/mol. The van der Waals surface area contributed by atoms with Crippen LogP contribution in [0.2, 0.25) is 0 Å². The van der Waals surface area contributed by atoms with Crippen molar-refractivity contribution in [2.75, 3.05) is 0 Å². The first kappa shape index (κ1) is 40.6. The van der Waals surface area contributed by atoms with E-state index in [1.165, 1.54) is 27.4 Å².